The van der Waals surface area contributed by atoms with Crippen molar-refractivity contribution in [2.75, 3.05) is 5.32 Å². The van der Waals surface area contributed by atoms with Crippen molar-refractivity contribution in [3.05, 3.63) is 30.1 Å². The number of carbonyl (C=O) groups is 1. The molecule has 0 heterocycles. The summed E-state index contributed by atoms with van der Waals surface area (Å²) in [4.78, 5) is 10.7. The van der Waals surface area contributed by atoms with Gasteiger partial charge in [0.2, 0.25) is 0 Å². The number of carbonyl (C=O) groups excluding carboxylic acids is 1. The number of primary amides is 1. The van der Waals surface area contributed by atoms with Crippen molar-refractivity contribution in [1.29, 1.82) is 0 Å². The average Bonchev–Trinajstić information content (AvgIpc) is 2.28. The highest BCUT2D eigenvalue weighted by Gasteiger charge is 2.02. The number of anilines is 1. The van der Waals surface area contributed by atoms with Gasteiger partial charge in [-0.2, -0.15) is 5.10 Å². The molecular weight excluding hydrogens is 243 g/mol. The summed E-state index contributed by atoms with van der Waals surface area (Å²) in [6.45, 7) is 1.61. The Bertz CT molecular complexity index is 458. The third-order valence-corrected chi connectivity index (χ3v) is 2.16. The summed E-state index contributed by atoms with van der Waals surface area (Å²) in [5.74, 6) is -0.331. The quantitative estimate of drug-likeness (QED) is 0.435. The molecule has 0 fully saturated rings. The lowest BCUT2D eigenvalue weighted by atomic mass is 10.3. The van der Waals surface area contributed by atoms with Gasteiger partial charge in [0.15, 0.2) is 0 Å². The molecule has 0 atom stereocenters. The minimum atomic E-state index is -0.770. The Hall–Kier alpha value is -2.02. The fourth-order valence-electron chi connectivity index (χ4n) is 0.944. The molecule has 0 aromatic heterocycles. The first-order valence-corrected chi connectivity index (χ1v) is 5.06. The van der Waals surface area contributed by atoms with Crippen molar-refractivity contribution < 1.29 is 9.18 Å². The number of benzene rings is 1. The molecule has 2 amide bonds. The van der Waals surface area contributed by atoms with Crippen LogP contribution in [-0.2, 0) is 0 Å². The average molecular weight is 254 g/mol. The van der Waals surface area contributed by atoms with E-state index in [0.717, 1.165) is 0 Å². The van der Waals surface area contributed by atoms with Crippen LogP contribution in [0.2, 0.25) is 0 Å². The van der Waals surface area contributed by atoms with Crippen LogP contribution in [0.4, 0.5) is 14.9 Å². The molecule has 0 radical (unpaired) electrons. The lowest BCUT2D eigenvalue weighted by Gasteiger charge is -2.07. The zero-order valence-electron chi connectivity index (χ0n) is 9.03. The van der Waals surface area contributed by atoms with E-state index in [1.165, 1.54) is 24.3 Å². The number of hydrogen-bond acceptors (Lipinski definition) is 3. The van der Waals surface area contributed by atoms with Crippen LogP contribution in [-0.4, -0.2) is 16.7 Å². The number of urea groups is 1. The topological polar surface area (TPSA) is 79.5 Å². The summed E-state index contributed by atoms with van der Waals surface area (Å²) >= 11 is 5.02. The van der Waals surface area contributed by atoms with Crippen LogP contribution in [0.3, 0.4) is 0 Å². The molecule has 0 bridgehead atoms. The third-order valence-electron chi connectivity index (χ3n) is 1.76. The first-order chi connectivity index (χ1) is 7.99. The normalized spacial score (nSPS) is 10.8. The largest absolute Gasteiger partial charge is 0.350 e. The van der Waals surface area contributed by atoms with Gasteiger partial charge in [0, 0.05) is 5.69 Å². The van der Waals surface area contributed by atoms with Gasteiger partial charge in [-0.1, -0.05) is 12.2 Å². The standard InChI is InChI=1S/C10H11FN4OS/c1-6(14-15-10(12)16)9(17)13-8-4-2-7(11)3-5-8/h2-5H,1H3,(H,13,17)(H3,12,15,16)/b14-6+. The maximum absolute atomic E-state index is 12.6. The smallest absolute Gasteiger partial charge is 0.332 e. The second-order valence-electron chi connectivity index (χ2n) is 3.13. The summed E-state index contributed by atoms with van der Waals surface area (Å²) in [5, 5.41) is 6.49. The SMILES string of the molecule is C/C(=N\NC(N)=O)C(=S)Nc1ccc(F)cc1. The van der Waals surface area contributed by atoms with Crippen molar-refractivity contribution in [2.24, 2.45) is 10.8 Å². The molecule has 0 aliphatic carbocycles. The van der Waals surface area contributed by atoms with Gasteiger partial charge < -0.3 is 11.1 Å². The van der Waals surface area contributed by atoms with E-state index >= 15 is 0 Å². The number of halogens is 1. The van der Waals surface area contributed by atoms with E-state index in [9.17, 15) is 9.18 Å². The molecule has 0 unspecified atom stereocenters. The number of amides is 2. The molecule has 0 saturated carbocycles. The molecular formula is C10H11FN4OS. The molecule has 0 aliphatic rings. The second kappa shape index (κ2) is 5.90. The summed E-state index contributed by atoms with van der Waals surface area (Å²) in [7, 11) is 0. The molecule has 1 aromatic carbocycles. The van der Waals surface area contributed by atoms with E-state index in [1.807, 2.05) is 0 Å². The monoisotopic (exact) mass is 254 g/mol. The predicted octanol–water partition coefficient (Wildman–Crippen LogP) is 1.61. The lowest BCUT2D eigenvalue weighted by molar-refractivity contribution is 0.249. The van der Waals surface area contributed by atoms with Gasteiger partial charge >= 0.3 is 6.03 Å². The van der Waals surface area contributed by atoms with Crippen molar-refractivity contribution in [1.82, 2.24) is 5.43 Å². The van der Waals surface area contributed by atoms with Crippen LogP contribution in [0, 0.1) is 5.82 Å². The van der Waals surface area contributed by atoms with Gasteiger partial charge in [-0.15, -0.1) is 0 Å². The summed E-state index contributed by atoms with van der Waals surface area (Å²) in [5.41, 5.74) is 7.93. The summed E-state index contributed by atoms with van der Waals surface area (Å²) < 4.78 is 12.6. The minimum absolute atomic E-state index is 0.311. The van der Waals surface area contributed by atoms with Crippen LogP contribution in [0.5, 0.6) is 0 Å². The second-order valence-corrected chi connectivity index (χ2v) is 3.54. The van der Waals surface area contributed by atoms with Crippen molar-refractivity contribution >= 4 is 34.6 Å². The zero-order chi connectivity index (χ0) is 12.8. The van der Waals surface area contributed by atoms with E-state index in [4.69, 9.17) is 18.0 Å². The molecule has 7 heteroatoms. The fraction of sp³-hybridized carbons (Fsp3) is 0.100. The molecule has 90 valence electrons. The van der Waals surface area contributed by atoms with Gasteiger partial charge in [0.1, 0.15) is 10.8 Å². The van der Waals surface area contributed by atoms with Gasteiger partial charge in [0.25, 0.3) is 0 Å². The highest BCUT2D eigenvalue weighted by molar-refractivity contribution is 7.82. The molecule has 0 saturated heterocycles. The Morgan fingerprint density at radius 3 is 2.53 bits per heavy atom. The Morgan fingerprint density at radius 2 is 2.00 bits per heavy atom. The fourth-order valence-corrected chi connectivity index (χ4v) is 1.11. The number of hydrazone groups is 1. The third kappa shape index (κ3) is 4.56. The Balaban J connectivity index is 2.63. The Morgan fingerprint density at radius 1 is 1.41 bits per heavy atom. The van der Waals surface area contributed by atoms with Gasteiger partial charge in [-0.3, -0.25) is 0 Å². The van der Waals surface area contributed by atoms with Crippen LogP contribution in [0.25, 0.3) is 0 Å². The van der Waals surface area contributed by atoms with Crippen LogP contribution in [0.15, 0.2) is 29.4 Å². The van der Waals surface area contributed by atoms with Gasteiger partial charge in [-0.05, 0) is 31.2 Å². The minimum Gasteiger partial charge on any atom is -0.350 e. The van der Waals surface area contributed by atoms with Crippen molar-refractivity contribution in [3.8, 4) is 0 Å². The maximum atomic E-state index is 12.6. The molecule has 5 nitrogen and oxygen atoms in total. The summed E-state index contributed by atoms with van der Waals surface area (Å²) in [6, 6.07) is 4.92. The molecule has 4 N–H and O–H groups in total. The van der Waals surface area contributed by atoms with Gasteiger partial charge in [-0.25, -0.2) is 14.6 Å². The van der Waals surface area contributed by atoms with E-state index in [-0.39, 0.29) is 5.82 Å². The molecule has 17 heavy (non-hydrogen) atoms. The molecule has 1 aromatic rings. The van der Waals surface area contributed by atoms with E-state index in [0.29, 0.717) is 16.4 Å². The number of rotatable bonds is 3. The molecule has 1 rings (SSSR count). The highest BCUT2D eigenvalue weighted by atomic mass is 32.1. The number of nitrogens with zero attached hydrogens (tertiary/aromatic N) is 1. The first-order valence-electron chi connectivity index (χ1n) is 4.65. The first kappa shape index (κ1) is 13.0. The number of nitrogens with two attached hydrogens (primary N) is 1. The molecule has 0 spiro atoms. The number of thiocarbonyl (C=S) groups is 1. The lowest BCUT2D eigenvalue weighted by Crippen LogP contribution is -2.28. The van der Waals surface area contributed by atoms with Crippen molar-refractivity contribution in [3.63, 3.8) is 0 Å². The molecule has 0 aliphatic heterocycles. The van der Waals surface area contributed by atoms with E-state index < -0.39 is 6.03 Å². The van der Waals surface area contributed by atoms with Crippen LogP contribution >= 0.6 is 12.2 Å². The Kier molecular flexibility index (Phi) is 4.53. The van der Waals surface area contributed by atoms with Gasteiger partial charge in [0.05, 0.1) is 5.71 Å². The van der Waals surface area contributed by atoms with E-state index in [2.05, 4.69) is 15.8 Å². The number of hydrogen-bond donors (Lipinski definition) is 3. The highest BCUT2D eigenvalue weighted by Crippen LogP contribution is 2.08. The zero-order valence-corrected chi connectivity index (χ0v) is 9.84. The number of nitrogens with one attached hydrogen (secondary N) is 2. The van der Waals surface area contributed by atoms with Crippen molar-refractivity contribution in [2.45, 2.75) is 6.92 Å². The predicted molar refractivity (Wildman–Crippen MR) is 68.4 cm³/mol. The summed E-state index contributed by atoms with van der Waals surface area (Å²) in [6.07, 6.45) is 0. The maximum Gasteiger partial charge on any atom is 0.332 e. The van der Waals surface area contributed by atoms with E-state index in [1.54, 1.807) is 6.92 Å². The van der Waals surface area contributed by atoms with Crippen LogP contribution in [0.1, 0.15) is 6.92 Å². The van der Waals surface area contributed by atoms with Crippen LogP contribution < -0.4 is 16.5 Å². The Labute approximate surface area is 103 Å².